The van der Waals surface area contributed by atoms with Crippen LogP contribution < -0.4 is 20.1 Å². The minimum Gasteiger partial charge on any atom is -0.490 e. The minimum atomic E-state index is -4.39. The summed E-state index contributed by atoms with van der Waals surface area (Å²) in [6, 6.07) is 8.19. The smallest absolute Gasteiger partial charge is 0.411 e. The summed E-state index contributed by atoms with van der Waals surface area (Å²) < 4.78 is 57.2. The van der Waals surface area contributed by atoms with Gasteiger partial charge in [-0.25, -0.2) is 9.97 Å². The van der Waals surface area contributed by atoms with Crippen molar-refractivity contribution in [2.45, 2.75) is 13.1 Å². The molecule has 0 radical (unpaired) electrons. The van der Waals surface area contributed by atoms with Gasteiger partial charge in [-0.05, 0) is 31.2 Å². The maximum atomic E-state index is 12.1. The number of nitrogens with zero attached hydrogens (tertiary/aromatic N) is 2. The highest BCUT2D eigenvalue weighted by molar-refractivity contribution is 6.32. The molecule has 0 aliphatic rings. The van der Waals surface area contributed by atoms with Crippen LogP contribution in [0, 0.1) is 0 Å². The van der Waals surface area contributed by atoms with Gasteiger partial charge in [0, 0.05) is 23.7 Å². The molecule has 3 rings (SSSR count). The first kappa shape index (κ1) is 27.2. The van der Waals surface area contributed by atoms with Crippen molar-refractivity contribution >= 4 is 46.1 Å². The van der Waals surface area contributed by atoms with Crippen LogP contribution in [0.2, 0.25) is 5.02 Å². The van der Waals surface area contributed by atoms with Crippen molar-refractivity contribution in [2.24, 2.45) is 0 Å². The number of anilines is 3. The fourth-order valence-corrected chi connectivity index (χ4v) is 3.30. The van der Waals surface area contributed by atoms with E-state index in [1.807, 2.05) is 6.92 Å². The van der Waals surface area contributed by atoms with E-state index < -0.39 is 12.8 Å². The third-order valence-electron chi connectivity index (χ3n) is 4.59. The first-order valence-corrected chi connectivity index (χ1v) is 11.2. The Balaban J connectivity index is 1.72. The fourth-order valence-electron chi connectivity index (χ4n) is 3.06. The van der Waals surface area contributed by atoms with Gasteiger partial charge in [0.25, 0.3) is 0 Å². The SMILES string of the molecule is CCOCCOc1cc2ncnc(Nc3ccc(OCCOCC(F)(F)F)c(Cl)c3)c2cc1NC=O. The Hall–Kier alpha value is -3.35. The highest BCUT2D eigenvalue weighted by Crippen LogP contribution is 2.34. The number of benzene rings is 2. The largest absolute Gasteiger partial charge is 0.490 e. The summed E-state index contributed by atoms with van der Waals surface area (Å²) in [7, 11) is 0. The number of fused-ring (bicyclic) bond motifs is 1. The Morgan fingerprint density at radius 2 is 1.75 bits per heavy atom. The number of alkyl halides is 3. The van der Waals surface area contributed by atoms with Gasteiger partial charge in [-0.3, -0.25) is 4.79 Å². The fraction of sp³-hybridized carbons (Fsp3) is 0.348. The molecular formula is C23H24ClF3N4O5. The quantitative estimate of drug-likeness (QED) is 0.223. The van der Waals surface area contributed by atoms with Crippen molar-refractivity contribution in [3.8, 4) is 11.5 Å². The predicted molar refractivity (Wildman–Crippen MR) is 128 cm³/mol. The maximum absolute atomic E-state index is 12.1. The van der Waals surface area contributed by atoms with Crippen molar-refractivity contribution in [1.29, 1.82) is 0 Å². The molecule has 13 heteroatoms. The first-order valence-electron chi connectivity index (χ1n) is 10.8. The number of hydrogen-bond acceptors (Lipinski definition) is 8. The van der Waals surface area contributed by atoms with Gasteiger partial charge in [-0.2, -0.15) is 13.2 Å². The molecule has 36 heavy (non-hydrogen) atoms. The standard InChI is InChI=1S/C23H24ClF3N4O5/c1-2-33-5-7-36-21-11-18-16(10-19(21)30-14-32)22(29-13-28-18)31-15-3-4-20(17(24)9-15)35-8-6-34-12-23(25,26)27/h3-4,9-11,13-14H,2,5-8,12H2,1H3,(H,30,32)(H,28,29,31). The molecule has 0 fully saturated rings. The zero-order valence-corrected chi connectivity index (χ0v) is 20.0. The van der Waals surface area contributed by atoms with Gasteiger partial charge in [0.1, 0.15) is 43.5 Å². The maximum Gasteiger partial charge on any atom is 0.411 e. The molecule has 3 aromatic rings. The molecule has 1 amide bonds. The van der Waals surface area contributed by atoms with E-state index in [-0.39, 0.29) is 24.0 Å². The predicted octanol–water partition coefficient (Wildman–Crippen LogP) is 4.97. The van der Waals surface area contributed by atoms with E-state index in [1.165, 1.54) is 6.33 Å². The van der Waals surface area contributed by atoms with Gasteiger partial charge in [-0.1, -0.05) is 11.6 Å². The van der Waals surface area contributed by atoms with Crippen molar-refractivity contribution in [3.05, 3.63) is 41.7 Å². The van der Waals surface area contributed by atoms with Gasteiger partial charge in [0.05, 0.1) is 29.4 Å². The second kappa shape index (κ2) is 13.1. The van der Waals surface area contributed by atoms with E-state index in [2.05, 4.69) is 25.3 Å². The number of rotatable bonds is 14. The number of carbonyl (C=O) groups is 1. The van der Waals surface area contributed by atoms with E-state index in [9.17, 15) is 18.0 Å². The van der Waals surface area contributed by atoms with Gasteiger partial charge in [0.15, 0.2) is 0 Å². The topological polar surface area (TPSA) is 104 Å². The zero-order valence-electron chi connectivity index (χ0n) is 19.2. The van der Waals surface area contributed by atoms with Crippen LogP contribution >= 0.6 is 11.6 Å². The van der Waals surface area contributed by atoms with E-state index in [0.717, 1.165) is 0 Å². The van der Waals surface area contributed by atoms with Crippen LogP contribution in [-0.2, 0) is 14.3 Å². The Labute approximate surface area is 209 Å². The molecule has 194 valence electrons. The van der Waals surface area contributed by atoms with Crippen molar-refractivity contribution < 1.29 is 36.9 Å². The van der Waals surface area contributed by atoms with E-state index in [0.29, 0.717) is 60.1 Å². The number of halogens is 4. The average molecular weight is 529 g/mol. The van der Waals surface area contributed by atoms with E-state index in [4.69, 9.17) is 25.8 Å². The lowest BCUT2D eigenvalue weighted by Crippen LogP contribution is -2.19. The lowest BCUT2D eigenvalue weighted by atomic mass is 10.2. The molecule has 0 atom stereocenters. The molecule has 0 saturated carbocycles. The average Bonchev–Trinajstić information content (AvgIpc) is 2.83. The molecule has 0 spiro atoms. The van der Waals surface area contributed by atoms with E-state index in [1.54, 1.807) is 30.3 Å². The molecule has 1 heterocycles. The van der Waals surface area contributed by atoms with Crippen molar-refractivity contribution in [2.75, 3.05) is 50.3 Å². The first-order chi connectivity index (χ1) is 17.3. The third-order valence-corrected chi connectivity index (χ3v) is 4.88. The lowest BCUT2D eigenvalue weighted by molar-refractivity contribution is -0.175. The second-order valence-electron chi connectivity index (χ2n) is 7.18. The summed E-state index contributed by atoms with van der Waals surface area (Å²) in [5, 5.41) is 6.60. The van der Waals surface area contributed by atoms with Crippen molar-refractivity contribution in [3.63, 3.8) is 0 Å². The van der Waals surface area contributed by atoms with Crippen LogP contribution in [0.25, 0.3) is 10.9 Å². The number of carbonyl (C=O) groups excluding carboxylic acids is 1. The molecule has 2 N–H and O–H groups in total. The van der Waals surface area contributed by atoms with Gasteiger partial charge < -0.3 is 29.6 Å². The monoisotopic (exact) mass is 528 g/mol. The number of hydrogen-bond donors (Lipinski definition) is 2. The Kier molecular flexibility index (Phi) is 9.91. The number of ether oxygens (including phenoxy) is 4. The van der Waals surface area contributed by atoms with Gasteiger partial charge in [0.2, 0.25) is 6.41 Å². The summed E-state index contributed by atoms with van der Waals surface area (Å²) in [6.07, 6.45) is -2.47. The van der Waals surface area contributed by atoms with Gasteiger partial charge in [-0.15, -0.1) is 0 Å². The second-order valence-corrected chi connectivity index (χ2v) is 7.59. The Morgan fingerprint density at radius 3 is 2.44 bits per heavy atom. The van der Waals surface area contributed by atoms with E-state index >= 15 is 0 Å². The number of aromatic nitrogens is 2. The number of amides is 1. The van der Waals surface area contributed by atoms with Crippen LogP contribution in [0.1, 0.15) is 6.92 Å². The van der Waals surface area contributed by atoms with Crippen LogP contribution in [0.5, 0.6) is 11.5 Å². The van der Waals surface area contributed by atoms with Gasteiger partial charge >= 0.3 is 6.18 Å². The molecule has 1 aromatic heterocycles. The highest BCUT2D eigenvalue weighted by atomic mass is 35.5. The zero-order chi connectivity index (χ0) is 26.0. The normalized spacial score (nSPS) is 11.4. The molecule has 0 unspecified atom stereocenters. The summed E-state index contributed by atoms with van der Waals surface area (Å²) in [4.78, 5) is 19.7. The molecule has 0 aliphatic heterocycles. The molecule has 0 saturated heterocycles. The molecular weight excluding hydrogens is 505 g/mol. The van der Waals surface area contributed by atoms with Crippen LogP contribution in [0.4, 0.5) is 30.4 Å². The summed E-state index contributed by atoms with van der Waals surface area (Å²) in [5.41, 5.74) is 1.57. The summed E-state index contributed by atoms with van der Waals surface area (Å²) >= 11 is 6.26. The Morgan fingerprint density at radius 1 is 1.00 bits per heavy atom. The molecule has 0 aliphatic carbocycles. The molecule has 2 aromatic carbocycles. The summed E-state index contributed by atoms with van der Waals surface area (Å²) in [6.45, 7) is 1.46. The summed E-state index contributed by atoms with van der Waals surface area (Å²) in [5.74, 6) is 1.17. The van der Waals surface area contributed by atoms with Crippen LogP contribution in [-0.4, -0.2) is 62.2 Å². The number of nitrogens with one attached hydrogen (secondary N) is 2. The van der Waals surface area contributed by atoms with Crippen LogP contribution in [0.3, 0.4) is 0 Å². The van der Waals surface area contributed by atoms with Crippen LogP contribution in [0.15, 0.2) is 36.7 Å². The lowest BCUT2D eigenvalue weighted by Gasteiger charge is -2.15. The highest BCUT2D eigenvalue weighted by Gasteiger charge is 2.27. The van der Waals surface area contributed by atoms with Crippen molar-refractivity contribution in [1.82, 2.24) is 9.97 Å². The Bertz CT molecular complexity index is 1170. The minimum absolute atomic E-state index is 0.0966. The molecule has 9 nitrogen and oxygen atoms in total. The third kappa shape index (κ3) is 8.11. The molecule has 0 bridgehead atoms.